The van der Waals surface area contributed by atoms with Gasteiger partial charge in [-0.2, -0.15) is 23.1 Å². The average molecular weight is 508 g/mol. The van der Waals surface area contributed by atoms with Crippen LogP contribution in [0.2, 0.25) is 0 Å². The van der Waals surface area contributed by atoms with E-state index in [1.165, 1.54) is 13.0 Å². The predicted molar refractivity (Wildman–Crippen MR) is 136 cm³/mol. The van der Waals surface area contributed by atoms with E-state index in [1.807, 2.05) is 37.2 Å². The summed E-state index contributed by atoms with van der Waals surface area (Å²) in [6, 6.07) is 7.59. The largest absolute Gasteiger partial charge is 0.416 e. The maximum Gasteiger partial charge on any atom is 0.416 e. The molecule has 0 aromatic carbocycles. The molecular formula is C24H29ClF3N7. The highest BCUT2D eigenvalue weighted by atomic mass is 35.5. The highest BCUT2D eigenvalue weighted by Gasteiger charge is 2.31. The summed E-state index contributed by atoms with van der Waals surface area (Å²) in [4.78, 5) is 19.9. The van der Waals surface area contributed by atoms with Gasteiger partial charge >= 0.3 is 6.18 Å². The lowest BCUT2D eigenvalue weighted by atomic mass is 10.2. The fraction of sp³-hybridized carbons (Fsp3) is 0.375. The second kappa shape index (κ2) is 11.4. The molecule has 188 valence electrons. The average Bonchev–Trinajstić information content (AvgIpc) is 2.81. The summed E-state index contributed by atoms with van der Waals surface area (Å²) in [6.45, 7) is 6.04. The summed E-state index contributed by atoms with van der Waals surface area (Å²) >= 11 is 5.66. The minimum absolute atomic E-state index is 0.0480. The minimum atomic E-state index is -4.51. The van der Waals surface area contributed by atoms with E-state index < -0.39 is 11.7 Å². The second-order valence-electron chi connectivity index (χ2n) is 8.29. The van der Waals surface area contributed by atoms with Gasteiger partial charge in [0.25, 0.3) is 0 Å². The minimum Gasteiger partial charge on any atom is -0.363 e. The van der Waals surface area contributed by atoms with Gasteiger partial charge in [-0.05, 0) is 44.2 Å². The molecule has 0 aliphatic carbocycles. The maximum atomic E-state index is 13.2. The zero-order valence-corrected chi connectivity index (χ0v) is 20.9. The first-order chi connectivity index (χ1) is 16.5. The fourth-order valence-electron chi connectivity index (χ4n) is 3.43. The van der Waals surface area contributed by atoms with E-state index in [0.717, 1.165) is 31.1 Å². The Morgan fingerprint density at radius 3 is 2.31 bits per heavy atom. The van der Waals surface area contributed by atoms with Gasteiger partial charge < -0.3 is 20.0 Å². The van der Waals surface area contributed by atoms with Gasteiger partial charge in [0.2, 0.25) is 5.95 Å². The van der Waals surface area contributed by atoms with Crippen LogP contribution in [-0.4, -0.2) is 61.4 Å². The maximum absolute atomic E-state index is 13.2. The molecule has 0 unspecified atom stereocenters. The van der Waals surface area contributed by atoms with Gasteiger partial charge in [0.05, 0.1) is 5.57 Å². The van der Waals surface area contributed by atoms with Crippen molar-refractivity contribution in [3.8, 4) is 0 Å². The van der Waals surface area contributed by atoms with E-state index in [-0.39, 0.29) is 5.03 Å². The molecule has 1 aliphatic rings. The molecule has 1 aliphatic heterocycles. The van der Waals surface area contributed by atoms with Crippen molar-refractivity contribution in [2.45, 2.75) is 20.0 Å². The quantitative estimate of drug-likeness (QED) is 0.516. The van der Waals surface area contributed by atoms with Crippen LogP contribution in [0.3, 0.4) is 0 Å². The van der Waals surface area contributed by atoms with Crippen LogP contribution in [0.15, 0.2) is 65.0 Å². The Morgan fingerprint density at radius 2 is 1.74 bits per heavy atom. The molecule has 0 amide bonds. The Hall–Kier alpha value is -3.27. The number of rotatable bonds is 7. The van der Waals surface area contributed by atoms with Crippen LogP contribution < -0.4 is 20.0 Å². The molecule has 2 aromatic heterocycles. The summed E-state index contributed by atoms with van der Waals surface area (Å²) in [6.07, 6.45) is 0.495. The van der Waals surface area contributed by atoms with Gasteiger partial charge in [0, 0.05) is 63.3 Å². The third kappa shape index (κ3) is 7.61. The molecule has 0 spiro atoms. The molecule has 0 bridgehead atoms. The molecule has 0 saturated carbocycles. The number of alkyl halides is 3. The van der Waals surface area contributed by atoms with Crippen LogP contribution >= 0.6 is 11.6 Å². The smallest absolute Gasteiger partial charge is 0.363 e. The van der Waals surface area contributed by atoms with Gasteiger partial charge in [-0.1, -0.05) is 17.7 Å². The molecule has 7 nitrogen and oxygen atoms in total. The Morgan fingerprint density at radius 1 is 1.06 bits per heavy atom. The van der Waals surface area contributed by atoms with Crippen molar-refractivity contribution >= 4 is 35.0 Å². The molecule has 2 aromatic rings. The second-order valence-corrected chi connectivity index (χ2v) is 8.89. The van der Waals surface area contributed by atoms with Crippen LogP contribution in [0.5, 0.6) is 0 Å². The number of hydrogen-bond acceptors (Lipinski definition) is 7. The number of pyridine rings is 1. The molecule has 3 rings (SSSR count). The number of allylic oxidation sites excluding steroid dienone is 6. The van der Waals surface area contributed by atoms with E-state index in [1.54, 1.807) is 19.2 Å². The number of nitrogens with zero attached hydrogens (tertiary/aromatic N) is 6. The van der Waals surface area contributed by atoms with Crippen molar-refractivity contribution in [2.75, 3.05) is 60.3 Å². The van der Waals surface area contributed by atoms with Crippen molar-refractivity contribution in [3.05, 3.63) is 65.0 Å². The molecule has 1 fully saturated rings. The van der Waals surface area contributed by atoms with Gasteiger partial charge in [-0.25, -0.2) is 4.98 Å². The van der Waals surface area contributed by atoms with E-state index in [0.29, 0.717) is 36.4 Å². The number of aromatic nitrogens is 3. The van der Waals surface area contributed by atoms with E-state index in [4.69, 9.17) is 11.6 Å². The number of anilines is 4. The zero-order chi connectivity index (χ0) is 25.6. The molecular weight excluding hydrogens is 479 g/mol. The third-order valence-electron chi connectivity index (χ3n) is 5.21. The first kappa shape index (κ1) is 26.3. The van der Waals surface area contributed by atoms with Crippen molar-refractivity contribution in [1.82, 2.24) is 15.0 Å². The van der Waals surface area contributed by atoms with Crippen molar-refractivity contribution in [3.63, 3.8) is 0 Å². The molecule has 0 atom stereocenters. The van der Waals surface area contributed by atoms with Gasteiger partial charge in [-0.3, -0.25) is 0 Å². The first-order valence-electron chi connectivity index (χ1n) is 11.1. The molecule has 35 heavy (non-hydrogen) atoms. The monoisotopic (exact) mass is 507 g/mol. The summed E-state index contributed by atoms with van der Waals surface area (Å²) in [7, 11) is 3.74. The highest BCUT2D eigenvalue weighted by Crippen LogP contribution is 2.28. The topological polar surface area (TPSA) is 60.4 Å². The van der Waals surface area contributed by atoms with Gasteiger partial charge in [0.15, 0.2) is 0 Å². The SMILES string of the molecule is C\C(Cl)=C/C(=C\C=C(/C)Nc1cc(N(C)C)nc(N2CCN(c3ccccn3)CC2)n1)C(F)(F)F. The number of piperazine rings is 1. The third-order valence-corrected chi connectivity index (χ3v) is 5.32. The molecule has 11 heteroatoms. The van der Waals surface area contributed by atoms with E-state index in [2.05, 4.69) is 30.1 Å². The van der Waals surface area contributed by atoms with Crippen LogP contribution in [0.4, 0.5) is 36.6 Å². The highest BCUT2D eigenvalue weighted by molar-refractivity contribution is 6.29. The Balaban J connectivity index is 1.79. The number of halogens is 4. The zero-order valence-electron chi connectivity index (χ0n) is 20.1. The van der Waals surface area contributed by atoms with Crippen molar-refractivity contribution in [1.29, 1.82) is 0 Å². The van der Waals surface area contributed by atoms with Gasteiger partial charge in [-0.15, -0.1) is 0 Å². The van der Waals surface area contributed by atoms with Crippen molar-refractivity contribution < 1.29 is 13.2 Å². The van der Waals surface area contributed by atoms with Crippen molar-refractivity contribution in [2.24, 2.45) is 0 Å². The summed E-state index contributed by atoms with van der Waals surface area (Å²) in [5, 5.41) is 3.13. The number of hydrogen-bond donors (Lipinski definition) is 1. The number of nitrogens with one attached hydrogen (secondary N) is 1. The molecule has 3 heterocycles. The van der Waals surface area contributed by atoms with Crippen LogP contribution in [-0.2, 0) is 0 Å². The van der Waals surface area contributed by atoms with E-state index in [9.17, 15) is 13.2 Å². The summed E-state index contributed by atoms with van der Waals surface area (Å²) in [5.41, 5.74) is -0.351. The normalized spacial score (nSPS) is 15.9. The summed E-state index contributed by atoms with van der Waals surface area (Å²) in [5.74, 6) is 2.67. The lowest BCUT2D eigenvalue weighted by Crippen LogP contribution is -2.47. The summed E-state index contributed by atoms with van der Waals surface area (Å²) < 4.78 is 39.7. The molecule has 1 N–H and O–H groups in total. The van der Waals surface area contributed by atoms with Crippen LogP contribution in [0.1, 0.15) is 13.8 Å². The van der Waals surface area contributed by atoms with E-state index >= 15 is 0 Å². The van der Waals surface area contributed by atoms with Crippen LogP contribution in [0.25, 0.3) is 0 Å². The standard InChI is InChI=1S/C24H29ClF3N7/c1-17(25)15-19(24(26,27)28)9-8-18(2)30-20-16-22(33(3)4)32-23(31-20)35-13-11-34(12-14-35)21-7-5-6-10-29-21/h5-10,15-16H,11-14H2,1-4H3,(H,30,31,32)/b17-15+,18-8+,19-9+. The predicted octanol–water partition coefficient (Wildman–Crippen LogP) is 5.21. The lowest BCUT2D eigenvalue weighted by molar-refractivity contribution is -0.0882. The first-order valence-corrected chi connectivity index (χ1v) is 11.4. The molecule has 0 radical (unpaired) electrons. The van der Waals surface area contributed by atoms with Crippen LogP contribution in [0, 0.1) is 0 Å². The Labute approximate surface area is 208 Å². The van der Waals surface area contributed by atoms with Gasteiger partial charge in [0.1, 0.15) is 17.5 Å². The lowest BCUT2D eigenvalue weighted by Gasteiger charge is -2.35. The Bertz CT molecular complexity index is 1090. The molecule has 1 saturated heterocycles. The fourth-order valence-corrected chi connectivity index (χ4v) is 3.55. The Kier molecular flexibility index (Phi) is 8.61.